The Balaban J connectivity index is 1.68. The highest BCUT2D eigenvalue weighted by molar-refractivity contribution is 7.17. The summed E-state index contributed by atoms with van der Waals surface area (Å²) < 4.78 is 5.66. The molecule has 4 N–H and O–H groups in total. The number of aliphatic carboxylic acids is 1. The highest BCUT2D eigenvalue weighted by atomic mass is 32.1. The fourth-order valence-electron chi connectivity index (χ4n) is 4.34. The molecule has 2 bridgehead atoms. The number of aryl methyl sites for hydroxylation is 1. The average Bonchev–Trinajstić information content (AvgIpc) is 3.34. The zero-order chi connectivity index (χ0) is 20.0. The van der Waals surface area contributed by atoms with Crippen molar-refractivity contribution in [2.24, 2.45) is 17.6 Å². The maximum absolute atomic E-state index is 13.0. The molecular formula is C20H20N2O5S. The molecule has 1 aromatic heterocycles. The van der Waals surface area contributed by atoms with E-state index in [9.17, 15) is 19.5 Å². The summed E-state index contributed by atoms with van der Waals surface area (Å²) in [5, 5.41) is 12.6. The summed E-state index contributed by atoms with van der Waals surface area (Å²) in [6, 6.07) is 9.34. The van der Waals surface area contributed by atoms with Crippen LogP contribution in [0.5, 0.6) is 0 Å². The summed E-state index contributed by atoms with van der Waals surface area (Å²) in [5.41, 5.74) is 7.40. The van der Waals surface area contributed by atoms with Crippen LogP contribution in [-0.4, -0.2) is 35.1 Å². The van der Waals surface area contributed by atoms with Crippen LogP contribution in [0.4, 0.5) is 5.00 Å². The van der Waals surface area contributed by atoms with E-state index in [1.54, 1.807) is 0 Å². The lowest BCUT2D eigenvalue weighted by molar-refractivity contribution is -0.147. The summed E-state index contributed by atoms with van der Waals surface area (Å²) in [6.45, 7) is 1.86. The van der Waals surface area contributed by atoms with Gasteiger partial charge >= 0.3 is 5.97 Å². The molecule has 7 nitrogen and oxygen atoms in total. The van der Waals surface area contributed by atoms with Gasteiger partial charge in [-0.25, -0.2) is 0 Å². The number of hydrogen-bond donors (Lipinski definition) is 3. The van der Waals surface area contributed by atoms with E-state index < -0.39 is 41.8 Å². The molecule has 2 saturated heterocycles. The molecule has 2 aromatic rings. The Bertz CT molecular complexity index is 955. The maximum Gasteiger partial charge on any atom is 0.310 e. The Hall–Kier alpha value is -2.71. The number of benzene rings is 1. The van der Waals surface area contributed by atoms with Gasteiger partial charge in [0.05, 0.1) is 29.6 Å². The largest absolute Gasteiger partial charge is 0.481 e. The van der Waals surface area contributed by atoms with Crippen LogP contribution in [0.3, 0.4) is 0 Å². The molecule has 0 radical (unpaired) electrons. The lowest BCUT2D eigenvalue weighted by Crippen LogP contribution is -2.41. The molecule has 0 saturated carbocycles. The molecule has 2 aliphatic rings. The molecule has 0 spiro atoms. The van der Waals surface area contributed by atoms with Gasteiger partial charge in [-0.1, -0.05) is 30.3 Å². The number of ether oxygens (including phenoxy) is 1. The summed E-state index contributed by atoms with van der Waals surface area (Å²) in [6.07, 6.45) is 0.471. The van der Waals surface area contributed by atoms with E-state index in [1.165, 1.54) is 11.3 Å². The third kappa shape index (κ3) is 2.98. The number of carboxylic acids is 1. The van der Waals surface area contributed by atoms with Crippen LogP contribution in [0.25, 0.3) is 11.1 Å². The first-order chi connectivity index (χ1) is 13.4. The number of hydrogen-bond acceptors (Lipinski definition) is 5. The minimum atomic E-state index is -1.03. The number of nitrogens with one attached hydrogen (secondary N) is 1. The number of carbonyl (C=O) groups is 3. The van der Waals surface area contributed by atoms with Crippen molar-refractivity contribution in [1.29, 1.82) is 0 Å². The Morgan fingerprint density at radius 1 is 1.14 bits per heavy atom. The van der Waals surface area contributed by atoms with Crippen molar-refractivity contribution in [1.82, 2.24) is 0 Å². The number of fused-ring (bicyclic) bond motifs is 2. The Labute approximate surface area is 165 Å². The molecule has 28 heavy (non-hydrogen) atoms. The summed E-state index contributed by atoms with van der Waals surface area (Å²) >= 11 is 1.26. The van der Waals surface area contributed by atoms with Crippen LogP contribution in [0.15, 0.2) is 30.3 Å². The number of amides is 2. The SMILES string of the molecule is Cc1sc(NC(=O)[C@@H]2[C@@H](C(=O)O)[C@@H]3CC[C@H]2O3)c(C(N)=O)c1-c1ccccc1. The molecule has 4 atom stereocenters. The van der Waals surface area contributed by atoms with E-state index in [1.807, 2.05) is 37.3 Å². The second-order valence-electron chi connectivity index (χ2n) is 7.14. The minimum Gasteiger partial charge on any atom is -0.481 e. The van der Waals surface area contributed by atoms with Gasteiger partial charge in [0.1, 0.15) is 5.00 Å². The van der Waals surface area contributed by atoms with Crippen LogP contribution in [-0.2, 0) is 14.3 Å². The van der Waals surface area contributed by atoms with Gasteiger partial charge in [0, 0.05) is 10.4 Å². The molecular weight excluding hydrogens is 380 g/mol. The van der Waals surface area contributed by atoms with Crippen molar-refractivity contribution in [3.05, 3.63) is 40.8 Å². The summed E-state index contributed by atoms with van der Waals surface area (Å²) in [7, 11) is 0. The standard InChI is InChI=1S/C20H20N2O5S/c1-9-13(10-5-3-2-4-6-10)16(17(21)23)19(28-9)22-18(24)14-11-7-8-12(27-11)15(14)20(25)26/h2-6,11-12,14-15H,7-8H2,1H3,(H2,21,23)(H,22,24)(H,25,26)/t11-,12+,14+,15+/m1/s1. The number of primary amides is 1. The van der Waals surface area contributed by atoms with Crippen LogP contribution in [0, 0.1) is 18.8 Å². The predicted molar refractivity (Wildman–Crippen MR) is 104 cm³/mol. The normalized spacial score (nSPS) is 25.6. The number of thiophene rings is 1. The van der Waals surface area contributed by atoms with Crippen LogP contribution < -0.4 is 11.1 Å². The summed E-state index contributed by atoms with van der Waals surface area (Å²) in [5.74, 6) is -3.76. The van der Waals surface area contributed by atoms with Crippen LogP contribution >= 0.6 is 11.3 Å². The molecule has 4 rings (SSSR count). The molecule has 0 unspecified atom stereocenters. The molecule has 0 aliphatic carbocycles. The van der Waals surface area contributed by atoms with Gasteiger partial charge in [-0.3, -0.25) is 14.4 Å². The van der Waals surface area contributed by atoms with Crippen molar-refractivity contribution in [2.45, 2.75) is 32.0 Å². The van der Waals surface area contributed by atoms with Gasteiger partial charge in [-0.2, -0.15) is 0 Å². The molecule has 8 heteroatoms. The quantitative estimate of drug-likeness (QED) is 0.713. The summed E-state index contributed by atoms with van der Waals surface area (Å²) in [4.78, 5) is 37.6. The van der Waals surface area contributed by atoms with E-state index >= 15 is 0 Å². The fourth-order valence-corrected chi connectivity index (χ4v) is 5.42. The molecule has 146 valence electrons. The van der Waals surface area contributed by atoms with Crippen LogP contribution in [0.1, 0.15) is 28.1 Å². The van der Waals surface area contributed by atoms with Crippen molar-refractivity contribution < 1.29 is 24.2 Å². The van der Waals surface area contributed by atoms with Gasteiger partial charge in [0.15, 0.2) is 0 Å². The highest BCUT2D eigenvalue weighted by Gasteiger charge is 2.55. The molecule has 3 heterocycles. The first-order valence-electron chi connectivity index (χ1n) is 9.06. The Morgan fingerprint density at radius 2 is 1.79 bits per heavy atom. The van der Waals surface area contributed by atoms with Crippen molar-refractivity contribution >= 4 is 34.1 Å². The third-order valence-electron chi connectivity index (χ3n) is 5.49. The topological polar surface area (TPSA) is 119 Å². The number of rotatable bonds is 5. The predicted octanol–water partition coefficient (Wildman–Crippen LogP) is 2.64. The molecule has 2 amide bonds. The van der Waals surface area contributed by atoms with Crippen molar-refractivity contribution in [3.8, 4) is 11.1 Å². The van der Waals surface area contributed by atoms with Crippen molar-refractivity contribution in [3.63, 3.8) is 0 Å². The smallest absolute Gasteiger partial charge is 0.310 e. The van der Waals surface area contributed by atoms with E-state index in [4.69, 9.17) is 10.5 Å². The zero-order valence-corrected chi connectivity index (χ0v) is 16.0. The Kier molecular flexibility index (Phi) is 4.68. The van der Waals surface area contributed by atoms with E-state index in [2.05, 4.69) is 5.32 Å². The number of carbonyl (C=O) groups excluding carboxylic acids is 2. The molecule has 2 aliphatic heterocycles. The molecule has 2 fully saturated rings. The first kappa shape index (κ1) is 18.6. The van der Waals surface area contributed by atoms with Crippen LogP contribution in [0.2, 0.25) is 0 Å². The second kappa shape index (κ2) is 7.03. The fraction of sp³-hybridized carbons (Fsp3) is 0.350. The van der Waals surface area contributed by atoms with Gasteiger partial charge < -0.3 is 20.9 Å². The van der Waals surface area contributed by atoms with E-state index in [0.717, 1.165) is 10.4 Å². The number of carboxylic acid groups (broad SMARTS) is 1. The van der Waals surface area contributed by atoms with Gasteiger partial charge in [0.2, 0.25) is 5.91 Å². The lowest BCUT2D eigenvalue weighted by atomic mass is 9.78. The highest BCUT2D eigenvalue weighted by Crippen LogP contribution is 2.45. The average molecular weight is 400 g/mol. The maximum atomic E-state index is 13.0. The molecule has 1 aromatic carbocycles. The van der Waals surface area contributed by atoms with Crippen molar-refractivity contribution in [2.75, 3.05) is 5.32 Å². The zero-order valence-electron chi connectivity index (χ0n) is 15.2. The second-order valence-corrected chi connectivity index (χ2v) is 8.36. The van der Waals surface area contributed by atoms with Gasteiger partial charge in [-0.15, -0.1) is 11.3 Å². The van der Waals surface area contributed by atoms with Gasteiger partial charge in [-0.05, 0) is 25.3 Å². The van der Waals surface area contributed by atoms with E-state index in [-0.39, 0.29) is 5.56 Å². The third-order valence-corrected chi connectivity index (χ3v) is 6.51. The van der Waals surface area contributed by atoms with E-state index in [0.29, 0.717) is 23.4 Å². The van der Waals surface area contributed by atoms with Gasteiger partial charge in [0.25, 0.3) is 5.91 Å². The lowest BCUT2D eigenvalue weighted by Gasteiger charge is -2.23. The minimum absolute atomic E-state index is 0.248. The number of anilines is 1. The Morgan fingerprint density at radius 3 is 2.39 bits per heavy atom. The monoisotopic (exact) mass is 400 g/mol. The number of nitrogens with two attached hydrogens (primary N) is 1. The first-order valence-corrected chi connectivity index (χ1v) is 9.88.